The predicted molar refractivity (Wildman–Crippen MR) is 77.9 cm³/mol. The maximum atomic E-state index is 12.2. The number of carbonyl (C=O) groups is 1. The topological polar surface area (TPSA) is 58.4 Å². The largest absolute Gasteiger partial charge is 0.349 e. The maximum Gasteiger partial charge on any atom is 0.221 e. The van der Waals surface area contributed by atoms with Gasteiger partial charge in [-0.25, -0.2) is 0 Å². The van der Waals surface area contributed by atoms with Gasteiger partial charge in [0, 0.05) is 19.5 Å². The molecule has 1 heterocycles. The molecule has 2 atom stereocenters. The van der Waals surface area contributed by atoms with Gasteiger partial charge in [0.25, 0.3) is 0 Å². The van der Waals surface area contributed by atoms with Gasteiger partial charge in [-0.2, -0.15) is 0 Å². The van der Waals surface area contributed by atoms with Crippen molar-refractivity contribution >= 4 is 5.91 Å². The summed E-state index contributed by atoms with van der Waals surface area (Å²) in [4.78, 5) is 14.6. The zero-order chi connectivity index (χ0) is 13.7. The third-order valence-corrected chi connectivity index (χ3v) is 5.06. The Morgan fingerprint density at radius 1 is 1.32 bits per heavy atom. The van der Waals surface area contributed by atoms with E-state index in [1.165, 1.54) is 32.1 Å². The number of hydrogen-bond acceptors (Lipinski definition) is 3. The highest BCUT2D eigenvalue weighted by Gasteiger charge is 2.38. The van der Waals surface area contributed by atoms with E-state index in [-0.39, 0.29) is 11.4 Å². The van der Waals surface area contributed by atoms with E-state index in [2.05, 4.69) is 17.1 Å². The van der Waals surface area contributed by atoms with Crippen LogP contribution in [-0.2, 0) is 4.79 Å². The monoisotopic (exact) mass is 267 g/mol. The second kappa shape index (κ2) is 6.71. The van der Waals surface area contributed by atoms with Crippen molar-refractivity contribution in [3.63, 3.8) is 0 Å². The second-order valence-corrected chi connectivity index (χ2v) is 6.35. The molecule has 1 aliphatic heterocycles. The van der Waals surface area contributed by atoms with Crippen LogP contribution in [-0.4, -0.2) is 42.5 Å². The van der Waals surface area contributed by atoms with Gasteiger partial charge in [-0.15, -0.1) is 0 Å². The fraction of sp³-hybridized carbons (Fsp3) is 0.933. The van der Waals surface area contributed by atoms with Crippen molar-refractivity contribution in [1.82, 2.24) is 10.2 Å². The van der Waals surface area contributed by atoms with E-state index in [0.717, 1.165) is 26.1 Å². The van der Waals surface area contributed by atoms with Gasteiger partial charge in [0.15, 0.2) is 0 Å². The van der Waals surface area contributed by atoms with Crippen LogP contribution in [0.25, 0.3) is 0 Å². The van der Waals surface area contributed by atoms with Gasteiger partial charge >= 0.3 is 0 Å². The number of nitrogens with zero attached hydrogens (tertiary/aromatic N) is 1. The molecule has 2 aliphatic rings. The number of carbonyl (C=O) groups excluding carboxylic acids is 1. The van der Waals surface area contributed by atoms with Gasteiger partial charge in [0.05, 0.1) is 5.54 Å². The molecule has 19 heavy (non-hydrogen) atoms. The van der Waals surface area contributed by atoms with E-state index in [4.69, 9.17) is 5.73 Å². The number of hydrogen-bond donors (Lipinski definition) is 2. The summed E-state index contributed by atoms with van der Waals surface area (Å²) in [7, 11) is 0. The molecule has 0 spiro atoms. The fourth-order valence-corrected chi connectivity index (χ4v) is 3.56. The highest BCUT2D eigenvalue weighted by molar-refractivity contribution is 5.77. The summed E-state index contributed by atoms with van der Waals surface area (Å²) < 4.78 is 0. The first kappa shape index (κ1) is 14.8. The molecule has 0 aromatic rings. The molecule has 4 nitrogen and oxygen atoms in total. The first-order chi connectivity index (χ1) is 9.16. The minimum atomic E-state index is -0.139. The van der Waals surface area contributed by atoms with Gasteiger partial charge in [-0.1, -0.05) is 19.8 Å². The number of likely N-dealkylation sites (tertiary alicyclic amines) is 1. The fourth-order valence-electron chi connectivity index (χ4n) is 3.56. The molecule has 3 N–H and O–H groups in total. The first-order valence-corrected chi connectivity index (χ1v) is 7.90. The van der Waals surface area contributed by atoms with E-state index in [1.54, 1.807) is 0 Å². The Bertz CT molecular complexity index is 302. The third-order valence-electron chi connectivity index (χ3n) is 5.06. The third kappa shape index (κ3) is 3.69. The number of amides is 1. The Labute approximate surface area is 117 Å². The van der Waals surface area contributed by atoms with E-state index < -0.39 is 0 Å². The summed E-state index contributed by atoms with van der Waals surface area (Å²) in [5.74, 6) is 0.688. The highest BCUT2D eigenvalue weighted by Crippen LogP contribution is 2.32. The van der Waals surface area contributed by atoms with Crippen LogP contribution in [0, 0.1) is 5.92 Å². The predicted octanol–water partition coefficient (Wildman–Crippen LogP) is 1.50. The van der Waals surface area contributed by atoms with E-state index in [1.807, 2.05) is 0 Å². The Balaban J connectivity index is 1.81. The van der Waals surface area contributed by atoms with Crippen molar-refractivity contribution < 1.29 is 4.79 Å². The molecule has 0 bridgehead atoms. The lowest BCUT2D eigenvalue weighted by atomic mass is 9.73. The average molecular weight is 267 g/mol. The quantitative estimate of drug-likeness (QED) is 0.793. The summed E-state index contributed by atoms with van der Waals surface area (Å²) in [6.07, 6.45) is 7.87. The van der Waals surface area contributed by atoms with Crippen LogP contribution in [0.4, 0.5) is 0 Å². The number of nitrogens with two attached hydrogens (primary N) is 1. The SMILES string of the molecule is CC1CCCCC1(CN)NC(=O)CCN1CCCC1. The number of rotatable bonds is 5. The Morgan fingerprint density at radius 2 is 2.05 bits per heavy atom. The van der Waals surface area contributed by atoms with E-state index in [9.17, 15) is 4.79 Å². The summed E-state index contributed by atoms with van der Waals surface area (Å²) in [6.45, 7) is 6.02. The van der Waals surface area contributed by atoms with Gasteiger partial charge in [-0.05, 0) is 44.7 Å². The smallest absolute Gasteiger partial charge is 0.221 e. The molecule has 1 saturated heterocycles. The van der Waals surface area contributed by atoms with Crippen LogP contribution in [0.2, 0.25) is 0 Å². The summed E-state index contributed by atoms with van der Waals surface area (Å²) >= 11 is 0. The molecule has 110 valence electrons. The number of nitrogens with one attached hydrogen (secondary N) is 1. The van der Waals surface area contributed by atoms with Crippen molar-refractivity contribution in [2.45, 2.75) is 57.4 Å². The molecule has 2 fully saturated rings. The Morgan fingerprint density at radius 3 is 2.68 bits per heavy atom. The molecule has 1 amide bonds. The van der Waals surface area contributed by atoms with Gasteiger partial charge in [-0.3, -0.25) is 4.79 Å². The van der Waals surface area contributed by atoms with Crippen molar-refractivity contribution in [3.05, 3.63) is 0 Å². The summed E-state index contributed by atoms with van der Waals surface area (Å²) in [5.41, 5.74) is 5.83. The first-order valence-electron chi connectivity index (χ1n) is 7.90. The van der Waals surface area contributed by atoms with Crippen molar-refractivity contribution in [2.75, 3.05) is 26.2 Å². The minimum absolute atomic E-state index is 0.139. The van der Waals surface area contributed by atoms with Crippen LogP contribution >= 0.6 is 0 Å². The maximum absolute atomic E-state index is 12.2. The van der Waals surface area contributed by atoms with Gasteiger partial charge in [0.1, 0.15) is 0 Å². The molecule has 0 aromatic carbocycles. The molecular weight excluding hydrogens is 238 g/mol. The lowest BCUT2D eigenvalue weighted by Crippen LogP contribution is -2.59. The summed E-state index contributed by atoms with van der Waals surface area (Å²) in [6, 6.07) is 0. The molecule has 2 rings (SSSR count). The second-order valence-electron chi connectivity index (χ2n) is 6.35. The normalized spacial score (nSPS) is 32.4. The molecule has 0 radical (unpaired) electrons. The Hall–Kier alpha value is -0.610. The van der Waals surface area contributed by atoms with Gasteiger partial charge in [0.2, 0.25) is 5.91 Å². The van der Waals surface area contributed by atoms with Crippen molar-refractivity contribution in [2.24, 2.45) is 11.7 Å². The zero-order valence-electron chi connectivity index (χ0n) is 12.3. The molecule has 2 unspecified atom stereocenters. The molecule has 1 saturated carbocycles. The summed E-state index contributed by atoms with van der Waals surface area (Å²) in [5, 5.41) is 3.27. The van der Waals surface area contributed by atoms with Crippen LogP contribution < -0.4 is 11.1 Å². The standard InChI is InChI=1S/C15H29N3O/c1-13-6-2-3-8-15(13,12-16)17-14(19)7-11-18-9-4-5-10-18/h13H,2-12,16H2,1H3,(H,17,19). The van der Waals surface area contributed by atoms with Crippen LogP contribution in [0.1, 0.15) is 51.9 Å². The molecule has 1 aliphatic carbocycles. The lowest BCUT2D eigenvalue weighted by Gasteiger charge is -2.42. The minimum Gasteiger partial charge on any atom is -0.349 e. The van der Waals surface area contributed by atoms with Crippen LogP contribution in [0.3, 0.4) is 0 Å². The zero-order valence-corrected chi connectivity index (χ0v) is 12.3. The molecule has 4 heteroatoms. The van der Waals surface area contributed by atoms with Crippen molar-refractivity contribution in [3.8, 4) is 0 Å². The average Bonchev–Trinajstić information content (AvgIpc) is 2.92. The van der Waals surface area contributed by atoms with Crippen LogP contribution in [0.15, 0.2) is 0 Å². The van der Waals surface area contributed by atoms with Gasteiger partial charge < -0.3 is 16.0 Å². The lowest BCUT2D eigenvalue weighted by molar-refractivity contribution is -0.124. The molecular formula is C15H29N3O. The van der Waals surface area contributed by atoms with E-state index in [0.29, 0.717) is 18.9 Å². The molecule has 0 aromatic heterocycles. The Kier molecular flexibility index (Phi) is 5.22. The highest BCUT2D eigenvalue weighted by atomic mass is 16.1. The van der Waals surface area contributed by atoms with Crippen LogP contribution in [0.5, 0.6) is 0 Å². The van der Waals surface area contributed by atoms with E-state index >= 15 is 0 Å². The van der Waals surface area contributed by atoms with Crippen molar-refractivity contribution in [1.29, 1.82) is 0 Å².